The summed E-state index contributed by atoms with van der Waals surface area (Å²) in [5, 5.41) is 6.23. The molecule has 0 atom stereocenters. The topological polar surface area (TPSA) is 67.4 Å². The van der Waals surface area contributed by atoms with Gasteiger partial charge in [0.2, 0.25) is 0 Å². The molecule has 1 aliphatic heterocycles. The molecule has 152 valence electrons. The van der Waals surface area contributed by atoms with E-state index in [1.807, 2.05) is 18.2 Å². The number of carbonyl (C=O) groups excluding carboxylic acids is 2. The standard InChI is InChI=1S/C23H26N2O3S/c1-23(2)14-17-7-8-18(28-3)12-19(17)20(25-23)13-21(26)15-5-4-6-16(11-15)22(27)24-9-10-29/h4-8,11-13,25,29H,9-10,14H2,1-3H3,(H,24,27). The van der Waals surface area contributed by atoms with Crippen molar-refractivity contribution in [2.24, 2.45) is 0 Å². The molecule has 0 unspecified atom stereocenters. The van der Waals surface area contributed by atoms with Crippen molar-refractivity contribution in [3.63, 3.8) is 0 Å². The zero-order chi connectivity index (χ0) is 21.0. The Labute approximate surface area is 176 Å². The minimum absolute atomic E-state index is 0.164. The minimum Gasteiger partial charge on any atom is -0.497 e. The third-order valence-electron chi connectivity index (χ3n) is 4.79. The molecule has 0 aromatic heterocycles. The van der Waals surface area contributed by atoms with Gasteiger partial charge in [0, 0.05) is 46.3 Å². The van der Waals surface area contributed by atoms with Gasteiger partial charge in [-0.25, -0.2) is 0 Å². The van der Waals surface area contributed by atoms with Gasteiger partial charge < -0.3 is 15.4 Å². The van der Waals surface area contributed by atoms with Crippen LogP contribution in [0.5, 0.6) is 5.75 Å². The van der Waals surface area contributed by atoms with Gasteiger partial charge in [-0.3, -0.25) is 9.59 Å². The van der Waals surface area contributed by atoms with Gasteiger partial charge in [-0.1, -0.05) is 18.2 Å². The third-order valence-corrected chi connectivity index (χ3v) is 5.02. The predicted octanol–water partition coefficient (Wildman–Crippen LogP) is 3.50. The smallest absolute Gasteiger partial charge is 0.251 e. The molecule has 6 heteroatoms. The highest BCUT2D eigenvalue weighted by molar-refractivity contribution is 7.80. The quantitative estimate of drug-likeness (QED) is 0.387. The summed E-state index contributed by atoms with van der Waals surface area (Å²) in [6.07, 6.45) is 2.45. The molecule has 0 fully saturated rings. The lowest BCUT2D eigenvalue weighted by Crippen LogP contribution is -2.43. The Balaban J connectivity index is 1.94. The normalized spacial score (nSPS) is 15.9. The summed E-state index contributed by atoms with van der Waals surface area (Å²) in [7, 11) is 1.63. The van der Waals surface area contributed by atoms with Gasteiger partial charge in [0.1, 0.15) is 5.75 Å². The molecule has 2 N–H and O–H groups in total. The molecular weight excluding hydrogens is 384 g/mol. The van der Waals surface area contributed by atoms with E-state index in [0.29, 0.717) is 23.4 Å². The van der Waals surface area contributed by atoms with Crippen LogP contribution in [0.1, 0.15) is 45.7 Å². The molecule has 2 aromatic rings. The van der Waals surface area contributed by atoms with Crippen LogP contribution in [-0.4, -0.2) is 36.6 Å². The number of hydrogen-bond donors (Lipinski definition) is 3. The largest absolute Gasteiger partial charge is 0.497 e. The fourth-order valence-corrected chi connectivity index (χ4v) is 3.56. The Kier molecular flexibility index (Phi) is 6.33. The number of ether oxygens (including phenoxy) is 1. The Morgan fingerprint density at radius 1 is 1.21 bits per heavy atom. The Morgan fingerprint density at radius 3 is 2.69 bits per heavy atom. The van der Waals surface area contributed by atoms with Crippen LogP contribution >= 0.6 is 12.6 Å². The van der Waals surface area contributed by atoms with Crippen LogP contribution in [0.2, 0.25) is 0 Å². The first-order chi connectivity index (χ1) is 13.8. The SMILES string of the molecule is COc1ccc2c(c1)C(=CC(=O)c1cccc(C(=O)NCCS)c1)NC(C)(C)C2. The van der Waals surface area contributed by atoms with E-state index in [1.165, 1.54) is 0 Å². The van der Waals surface area contributed by atoms with Crippen molar-refractivity contribution in [3.8, 4) is 5.75 Å². The third kappa shape index (κ3) is 5.01. The van der Waals surface area contributed by atoms with Crippen LogP contribution in [0.15, 0.2) is 48.5 Å². The predicted molar refractivity (Wildman–Crippen MR) is 119 cm³/mol. The monoisotopic (exact) mass is 410 g/mol. The summed E-state index contributed by atoms with van der Waals surface area (Å²) >= 11 is 4.09. The second-order valence-electron chi connectivity index (χ2n) is 7.69. The van der Waals surface area contributed by atoms with Crippen molar-refractivity contribution in [2.45, 2.75) is 25.8 Å². The zero-order valence-electron chi connectivity index (χ0n) is 16.9. The Morgan fingerprint density at radius 2 is 1.97 bits per heavy atom. The first kappa shape index (κ1) is 21.0. The molecular formula is C23H26N2O3S. The Bertz CT molecular complexity index is 966. The number of carbonyl (C=O) groups is 2. The highest BCUT2D eigenvalue weighted by Crippen LogP contribution is 2.32. The molecule has 0 saturated carbocycles. The number of hydrogen-bond acceptors (Lipinski definition) is 5. The van der Waals surface area contributed by atoms with Gasteiger partial charge >= 0.3 is 0 Å². The van der Waals surface area contributed by atoms with Crippen molar-refractivity contribution in [2.75, 3.05) is 19.4 Å². The van der Waals surface area contributed by atoms with Gasteiger partial charge in [-0.05, 0) is 50.1 Å². The van der Waals surface area contributed by atoms with E-state index in [2.05, 4.69) is 37.1 Å². The number of ketones is 1. The number of fused-ring (bicyclic) bond motifs is 1. The summed E-state index contributed by atoms with van der Waals surface area (Å²) in [6, 6.07) is 12.7. The average molecular weight is 411 g/mol. The highest BCUT2D eigenvalue weighted by atomic mass is 32.1. The molecule has 29 heavy (non-hydrogen) atoms. The fourth-order valence-electron chi connectivity index (χ4n) is 3.45. The lowest BCUT2D eigenvalue weighted by molar-refractivity contribution is 0.0956. The van der Waals surface area contributed by atoms with Gasteiger partial charge in [-0.15, -0.1) is 0 Å². The molecule has 3 rings (SSSR count). The van der Waals surface area contributed by atoms with E-state index in [1.54, 1.807) is 37.5 Å². The number of methoxy groups -OCH3 is 1. The van der Waals surface area contributed by atoms with Crippen LogP contribution in [0, 0.1) is 0 Å². The fraction of sp³-hybridized carbons (Fsp3) is 0.304. The van der Waals surface area contributed by atoms with E-state index >= 15 is 0 Å². The summed E-state index contributed by atoms with van der Waals surface area (Å²) in [4.78, 5) is 25.2. The molecule has 1 heterocycles. The molecule has 5 nitrogen and oxygen atoms in total. The summed E-state index contributed by atoms with van der Waals surface area (Å²) < 4.78 is 5.35. The number of amides is 1. The van der Waals surface area contributed by atoms with Gasteiger partial charge in [0.25, 0.3) is 5.91 Å². The first-order valence-corrected chi connectivity index (χ1v) is 10.2. The van der Waals surface area contributed by atoms with E-state index in [4.69, 9.17) is 4.74 Å². The van der Waals surface area contributed by atoms with Crippen LogP contribution in [-0.2, 0) is 6.42 Å². The van der Waals surface area contributed by atoms with Crippen molar-refractivity contribution in [3.05, 3.63) is 70.8 Å². The van der Waals surface area contributed by atoms with Crippen LogP contribution in [0.4, 0.5) is 0 Å². The van der Waals surface area contributed by atoms with Gasteiger partial charge in [0.15, 0.2) is 5.78 Å². The van der Waals surface area contributed by atoms with Crippen LogP contribution in [0.3, 0.4) is 0 Å². The zero-order valence-corrected chi connectivity index (χ0v) is 17.8. The Hall–Kier alpha value is -2.73. The van der Waals surface area contributed by atoms with E-state index in [-0.39, 0.29) is 17.2 Å². The number of thiol groups is 1. The molecule has 1 amide bonds. The molecule has 0 spiro atoms. The number of nitrogens with one attached hydrogen (secondary N) is 2. The lowest BCUT2D eigenvalue weighted by Gasteiger charge is -2.35. The molecule has 0 bridgehead atoms. The second kappa shape index (κ2) is 8.74. The highest BCUT2D eigenvalue weighted by Gasteiger charge is 2.28. The average Bonchev–Trinajstić information content (AvgIpc) is 2.71. The molecule has 1 aliphatic rings. The second-order valence-corrected chi connectivity index (χ2v) is 8.14. The molecule has 0 radical (unpaired) electrons. The van der Waals surface area contributed by atoms with Gasteiger partial charge in [-0.2, -0.15) is 12.6 Å². The number of benzene rings is 2. The number of allylic oxidation sites excluding steroid dienone is 1. The van der Waals surface area contributed by atoms with Crippen LogP contribution in [0.25, 0.3) is 5.70 Å². The van der Waals surface area contributed by atoms with E-state index < -0.39 is 0 Å². The molecule has 0 saturated heterocycles. The number of rotatable bonds is 6. The van der Waals surface area contributed by atoms with Crippen molar-refractivity contribution in [1.29, 1.82) is 0 Å². The van der Waals surface area contributed by atoms with Crippen molar-refractivity contribution in [1.82, 2.24) is 10.6 Å². The van der Waals surface area contributed by atoms with E-state index in [0.717, 1.165) is 29.0 Å². The maximum atomic E-state index is 13.0. The van der Waals surface area contributed by atoms with E-state index in [9.17, 15) is 9.59 Å². The van der Waals surface area contributed by atoms with Crippen molar-refractivity contribution < 1.29 is 14.3 Å². The summed E-state index contributed by atoms with van der Waals surface area (Å²) in [5.41, 5.74) is 3.61. The minimum atomic E-state index is -0.214. The van der Waals surface area contributed by atoms with Crippen LogP contribution < -0.4 is 15.4 Å². The molecule has 2 aromatic carbocycles. The first-order valence-electron chi connectivity index (χ1n) is 9.53. The van der Waals surface area contributed by atoms with Gasteiger partial charge in [0.05, 0.1) is 7.11 Å². The molecule has 0 aliphatic carbocycles. The lowest BCUT2D eigenvalue weighted by atomic mass is 9.85. The summed E-state index contributed by atoms with van der Waals surface area (Å²) in [5.74, 6) is 0.920. The maximum Gasteiger partial charge on any atom is 0.251 e. The van der Waals surface area contributed by atoms with Crippen molar-refractivity contribution >= 4 is 30.0 Å². The maximum absolute atomic E-state index is 13.0. The summed E-state index contributed by atoms with van der Waals surface area (Å²) in [6.45, 7) is 4.68.